The third-order valence-electron chi connectivity index (χ3n) is 4.11. The fourth-order valence-electron chi connectivity index (χ4n) is 2.85. The van der Waals surface area contributed by atoms with Gasteiger partial charge in [0.15, 0.2) is 11.5 Å². The lowest BCUT2D eigenvalue weighted by Gasteiger charge is -2.16. The lowest BCUT2D eigenvalue weighted by molar-refractivity contribution is 0.394. The van der Waals surface area contributed by atoms with Crippen LogP contribution in [-0.2, 0) is 0 Å². The molecule has 5 N–H and O–H groups in total. The van der Waals surface area contributed by atoms with E-state index in [0.717, 1.165) is 23.1 Å². The lowest BCUT2D eigenvalue weighted by atomic mass is 10.1. The molecule has 0 spiro atoms. The summed E-state index contributed by atoms with van der Waals surface area (Å²) in [7, 11) is 0. The van der Waals surface area contributed by atoms with Crippen LogP contribution in [0.3, 0.4) is 0 Å². The number of nitrogens with zero attached hydrogens (tertiary/aromatic N) is 6. The van der Waals surface area contributed by atoms with Crippen LogP contribution in [0, 0.1) is 11.3 Å². The van der Waals surface area contributed by atoms with Gasteiger partial charge in [-0.3, -0.25) is 0 Å². The van der Waals surface area contributed by atoms with Gasteiger partial charge < -0.3 is 16.1 Å². The molecule has 3 rings (SSSR count). The zero-order chi connectivity index (χ0) is 20.1. The van der Waals surface area contributed by atoms with Gasteiger partial charge in [-0.1, -0.05) is 6.92 Å². The summed E-state index contributed by atoms with van der Waals surface area (Å²) < 4.78 is 1.63. The van der Waals surface area contributed by atoms with Gasteiger partial charge in [-0.05, 0) is 19.4 Å². The van der Waals surface area contributed by atoms with Crippen LogP contribution in [0.25, 0.3) is 22.5 Å². The number of anilines is 1. The Balaban J connectivity index is 2.03. The Morgan fingerprint density at radius 3 is 2.82 bits per heavy atom. The lowest BCUT2D eigenvalue weighted by Crippen LogP contribution is -2.27. The molecule has 0 radical (unpaired) electrons. The molecule has 0 amide bonds. The van der Waals surface area contributed by atoms with E-state index in [0.29, 0.717) is 35.8 Å². The maximum absolute atomic E-state index is 9.03. The molecule has 28 heavy (non-hydrogen) atoms. The molecular weight excluding hydrogens is 354 g/mol. The first-order chi connectivity index (χ1) is 13.6. The van der Waals surface area contributed by atoms with Crippen molar-refractivity contribution in [3.63, 3.8) is 0 Å². The zero-order valence-corrected chi connectivity index (χ0v) is 15.9. The van der Waals surface area contributed by atoms with E-state index >= 15 is 0 Å². The van der Waals surface area contributed by atoms with Gasteiger partial charge in [-0.15, -0.1) is 0 Å². The normalized spacial score (nSPS) is 11.4. The molecule has 0 saturated carbocycles. The number of pyridine rings is 2. The quantitative estimate of drug-likeness (QED) is 0.420. The van der Waals surface area contributed by atoms with E-state index in [2.05, 4.69) is 26.5 Å². The molecule has 144 valence electrons. The summed E-state index contributed by atoms with van der Waals surface area (Å²) in [6.07, 6.45) is 7.50. The molecule has 3 heterocycles. The molecule has 3 aromatic heterocycles. The van der Waals surface area contributed by atoms with E-state index in [1.54, 1.807) is 34.4 Å². The number of nitrogens with two attached hydrogens (primary N) is 2. The topological polar surface area (TPSA) is 135 Å². The average molecular weight is 377 g/mol. The molecule has 0 aliphatic heterocycles. The molecule has 0 saturated heterocycles. The molecule has 0 bridgehead atoms. The number of aromatic nitrogens is 4. The van der Waals surface area contributed by atoms with Gasteiger partial charge in [0.2, 0.25) is 0 Å². The molecule has 0 unspecified atom stereocenters. The molecule has 0 aliphatic rings. The van der Waals surface area contributed by atoms with Crippen LogP contribution in [0.5, 0.6) is 0 Å². The predicted molar refractivity (Wildman–Crippen MR) is 109 cm³/mol. The van der Waals surface area contributed by atoms with E-state index in [4.69, 9.17) is 16.8 Å². The number of fused-ring (bicyclic) bond motifs is 1. The van der Waals surface area contributed by atoms with Crippen molar-refractivity contribution in [2.24, 2.45) is 11.6 Å². The van der Waals surface area contributed by atoms with Crippen LogP contribution in [0.2, 0.25) is 0 Å². The number of nitriles is 1. The van der Waals surface area contributed by atoms with Gasteiger partial charge in [0.05, 0.1) is 17.5 Å². The first-order valence-electron chi connectivity index (χ1n) is 9.04. The van der Waals surface area contributed by atoms with Gasteiger partial charge in [-0.2, -0.15) is 15.0 Å². The van der Waals surface area contributed by atoms with Crippen molar-refractivity contribution in [1.29, 1.82) is 5.26 Å². The number of hydrazine groups is 1. The van der Waals surface area contributed by atoms with E-state index in [1.807, 2.05) is 19.9 Å². The molecule has 3 aromatic rings. The summed E-state index contributed by atoms with van der Waals surface area (Å²) in [5, 5.41) is 19.0. The van der Waals surface area contributed by atoms with Gasteiger partial charge in [0.1, 0.15) is 6.07 Å². The Bertz CT molecular complexity index is 1050. The molecule has 0 atom stereocenters. The molecule has 0 aliphatic carbocycles. The average Bonchev–Trinajstić information content (AvgIpc) is 3.11. The fourth-order valence-corrected chi connectivity index (χ4v) is 2.85. The Morgan fingerprint density at radius 1 is 1.29 bits per heavy atom. The zero-order valence-electron chi connectivity index (χ0n) is 15.9. The van der Waals surface area contributed by atoms with E-state index in [9.17, 15) is 0 Å². The van der Waals surface area contributed by atoms with Crippen molar-refractivity contribution in [3.8, 4) is 11.9 Å². The second kappa shape index (κ2) is 8.37. The first kappa shape index (κ1) is 19.1. The number of hydrogen-bond acceptors (Lipinski definition) is 8. The van der Waals surface area contributed by atoms with E-state index in [-0.39, 0.29) is 0 Å². The minimum Gasteiger partial charge on any atom is -0.397 e. The standard InChI is InChI=1S/C19H23N9/c1-3-5-27(22)12-16(21)15-11-24-18(7-17(15)23-4-2)28-19-14(10-26-28)6-13(8-20)9-25-19/h6-7,9-12H,3-5,21-22H2,1-2H3,(H,23,24)/b16-12-. The van der Waals surface area contributed by atoms with Crippen molar-refractivity contribution in [1.82, 2.24) is 24.8 Å². The number of nitrogens with one attached hydrogen (secondary N) is 1. The molecule has 0 aromatic carbocycles. The predicted octanol–water partition coefficient (Wildman–Crippen LogP) is 1.96. The second-order valence-corrected chi connectivity index (χ2v) is 6.25. The van der Waals surface area contributed by atoms with Crippen LogP contribution in [0.4, 0.5) is 5.69 Å². The highest BCUT2D eigenvalue weighted by molar-refractivity contribution is 5.79. The van der Waals surface area contributed by atoms with Gasteiger partial charge in [0, 0.05) is 54.4 Å². The highest BCUT2D eigenvalue weighted by Crippen LogP contribution is 2.24. The molecule has 0 fully saturated rings. The highest BCUT2D eigenvalue weighted by Gasteiger charge is 2.13. The Labute approximate surface area is 163 Å². The fraction of sp³-hybridized carbons (Fsp3) is 0.263. The van der Waals surface area contributed by atoms with E-state index in [1.165, 1.54) is 6.20 Å². The van der Waals surface area contributed by atoms with Crippen molar-refractivity contribution in [2.75, 3.05) is 18.4 Å². The third kappa shape index (κ3) is 3.87. The summed E-state index contributed by atoms with van der Waals surface area (Å²) in [5.41, 5.74) is 9.46. The maximum Gasteiger partial charge on any atom is 0.164 e. The molecule has 9 nitrogen and oxygen atoms in total. The maximum atomic E-state index is 9.03. The second-order valence-electron chi connectivity index (χ2n) is 6.25. The highest BCUT2D eigenvalue weighted by atomic mass is 15.4. The van der Waals surface area contributed by atoms with E-state index < -0.39 is 0 Å². The van der Waals surface area contributed by atoms with Crippen molar-refractivity contribution in [3.05, 3.63) is 48.1 Å². The molecular formula is C19H23N9. The first-order valence-corrected chi connectivity index (χ1v) is 9.04. The van der Waals surface area contributed by atoms with Crippen LogP contribution < -0.4 is 16.9 Å². The summed E-state index contributed by atoms with van der Waals surface area (Å²) >= 11 is 0. The van der Waals surface area contributed by atoms with Gasteiger partial charge >= 0.3 is 0 Å². The Kier molecular flexibility index (Phi) is 5.72. The summed E-state index contributed by atoms with van der Waals surface area (Å²) in [6.45, 7) is 5.48. The Hall–Kier alpha value is -3.64. The third-order valence-corrected chi connectivity index (χ3v) is 4.11. The summed E-state index contributed by atoms with van der Waals surface area (Å²) in [4.78, 5) is 8.85. The van der Waals surface area contributed by atoms with Crippen molar-refractivity contribution < 1.29 is 0 Å². The monoisotopic (exact) mass is 377 g/mol. The Morgan fingerprint density at radius 2 is 2.11 bits per heavy atom. The van der Waals surface area contributed by atoms with Crippen molar-refractivity contribution >= 4 is 22.4 Å². The minimum absolute atomic E-state index is 0.486. The summed E-state index contributed by atoms with van der Waals surface area (Å²) in [6, 6.07) is 5.69. The number of hydrogen-bond donors (Lipinski definition) is 3. The van der Waals surface area contributed by atoms with Crippen LogP contribution in [0.1, 0.15) is 31.4 Å². The number of rotatable bonds is 7. The SMILES string of the molecule is CCCN(N)/C=C(\N)c1cnc(-n2ncc3cc(C#N)cnc32)cc1NCC. The van der Waals surface area contributed by atoms with Crippen molar-refractivity contribution in [2.45, 2.75) is 20.3 Å². The van der Waals surface area contributed by atoms with Gasteiger partial charge in [0.25, 0.3) is 0 Å². The van der Waals surface area contributed by atoms with Gasteiger partial charge in [-0.25, -0.2) is 15.8 Å². The van der Waals surface area contributed by atoms with Crippen LogP contribution >= 0.6 is 0 Å². The molecule has 9 heteroatoms. The minimum atomic E-state index is 0.486. The smallest absolute Gasteiger partial charge is 0.164 e. The summed E-state index contributed by atoms with van der Waals surface area (Å²) in [5.74, 6) is 6.53. The van der Waals surface area contributed by atoms with Crippen LogP contribution in [-0.4, -0.2) is 37.8 Å². The largest absolute Gasteiger partial charge is 0.397 e. The van der Waals surface area contributed by atoms with Crippen LogP contribution in [0.15, 0.2) is 36.9 Å².